The monoisotopic (exact) mass is 577 g/mol. The van der Waals surface area contributed by atoms with E-state index in [1.165, 1.54) is 37.4 Å². The van der Waals surface area contributed by atoms with Crippen molar-refractivity contribution in [3.63, 3.8) is 0 Å². The van der Waals surface area contributed by atoms with Gasteiger partial charge in [0.1, 0.15) is 11.5 Å². The molecule has 0 heterocycles. The molecule has 0 amide bonds. The third kappa shape index (κ3) is 11.4. The van der Waals surface area contributed by atoms with Crippen molar-refractivity contribution in [1.82, 2.24) is 0 Å². The number of hydrogen-bond acceptors (Lipinski definition) is 4. The van der Waals surface area contributed by atoms with Gasteiger partial charge in [-0.05, 0) is 37.1 Å². The molecule has 0 aliphatic carbocycles. The van der Waals surface area contributed by atoms with E-state index in [9.17, 15) is 4.79 Å². The Morgan fingerprint density at radius 3 is 1.62 bits per heavy atom. The molecular formula is C37H39NO3S. The van der Waals surface area contributed by atoms with Crippen LogP contribution in [0.3, 0.4) is 0 Å². The van der Waals surface area contributed by atoms with Crippen molar-refractivity contribution in [1.29, 1.82) is 0 Å². The molecule has 42 heavy (non-hydrogen) atoms. The van der Waals surface area contributed by atoms with Crippen molar-refractivity contribution < 1.29 is 14.3 Å². The third-order valence-corrected chi connectivity index (χ3v) is 7.18. The van der Waals surface area contributed by atoms with Crippen LogP contribution in [0.25, 0.3) is 4.85 Å². The van der Waals surface area contributed by atoms with Crippen LogP contribution in [0.4, 0.5) is 5.69 Å². The molecule has 0 unspecified atom stereocenters. The summed E-state index contributed by atoms with van der Waals surface area (Å²) in [6.07, 6.45) is 8.88. The highest BCUT2D eigenvalue weighted by Crippen LogP contribution is 2.29. The van der Waals surface area contributed by atoms with E-state index in [0.29, 0.717) is 30.4 Å². The molecule has 0 aromatic heterocycles. The van der Waals surface area contributed by atoms with Gasteiger partial charge in [0.05, 0.1) is 30.9 Å². The average molecular weight is 578 g/mol. The van der Waals surface area contributed by atoms with Crippen LogP contribution in [0.2, 0.25) is 0 Å². The fourth-order valence-corrected chi connectivity index (χ4v) is 4.69. The van der Waals surface area contributed by atoms with E-state index in [-0.39, 0.29) is 5.12 Å². The van der Waals surface area contributed by atoms with E-state index < -0.39 is 0 Å². The second kappa shape index (κ2) is 18.3. The predicted octanol–water partition coefficient (Wildman–Crippen LogP) is 9.59. The SMILES string of the molecule is [C-]#[N+]c1ccc(C#Cc2cc(OCCCCCC)c(C#Cc3ccc(SC(C)=O)cc3)cc2OCCCCCC)cc1. The summed E-state index contributed by atoms with van der Waals surface area (Å²) in [5.74, 6) is 14.4. The van der Waals surface area contributed by atoms with Crippen LogP contribution in [0.15, 0.2) is 65.6 Å². The van der Waals surface area contributed by atoms with E-state index in [4.69, 9.17) is 16.0 Å². The molecule has 0 spiro atoms. The van der Waals surface area contributed by atoms with Gasteiger partial charge in [0.15, 0.2) is 10.8 Å². The molecule has 0 radical (unpaired) electrons. The molecule has 0 saturated heterocycles. The average Bonchev–Trinajstić information content (AvgIpc) is 3.00. The second-order valence-electron chi connectivity index (χ2n) is 9.94. The molecule has 3 aromatic carbocycles. The Morgan fingerprint density at radius 1 is 0.714 bits per heavy atom. The van der Waals surface area contributed by atoms with Gasteiger partial charge in [-0.1, -0.05) is 112 Å². The van der Waals surface area contributed by atoms with Crippen LogP contribution in [-0.2, 0) is 4.79 Å². The van der Waals surface area contributed by atoms with Gasteiger partial charge in [-0.15, -0.1) is 0 Å². The Hall–Kier alpha value is -4.11. The van der Waals surface area contributed by atoms with Gasteiger partial charge < -0.3 is 9.47 Å². The second-order valence-corrected chi connectivity index (χ2v) is 11.2. The number of hydrogen-bond donors (Lipinski definition) is 0. The minimum atomic E-state index is 0.0559. The van der Waals surface area contributed by atoms with Crippen LogP contribution >= 0.6 is 11.8 Å². The topological polar surface area (TPSA) is 39.9 Å². The summed E-state index contributed by atoms with van der Waals surface area (Å²) in [6.45, 7) is 14.3. The smallest absolute Gasteiger partial charge is 0.190 e. The molecule has 4 nitrogen and oxygen atoms in total. The zero-order chi connectivity index (χ0) is 30.0. The summed E-state index contributed by atoms with van der Waals surface area (Å²) >= 11 is 1.21. The van der Waals surface area contributed by atoms with Crippen LogP contribution in [0.1, 0.15) is 94.4 Å². The number of ether oxygens (including phenoxy) is 2. The molecule has 0 fully saturated rings. The Kier molecular flexibility index (Phi) is 14.2. The van der Waals surface area contributed by atoms with Crippen molar-refractivity contribution in [2.75, 3.05) is 13.2 Å². The molecule has 0 atom stereocenters. The first-order chi connectivity index (χ1) is 20.5. The lowest BCUT2D eigenvalue weighted by atomic mass is 10.1. The van der Waals surface area contributed by atoms with Crippen molar-refractivity contribution >= 4 is 22.6 Å². The molecule has 216 valence electrons. The molecule has 3 rings (SSSR count). The van der Waals surface area contributed by atoms with Crippen molar-refractivity contribution in [3.05, 3.63) is 94.3 Å². The molecule has 0 N–H and O–H groups in total. The van der Waals surface area contributed by atoms with Gasteiger partial charge in [-0.25, -0.2) is 4.85 Å². The van der Waals surface area contributed by atoms with Gasteiger partial charge in [-0.2, -0.15) is 0 Å². The predicted molar refractivity (Wildman–Crippen MR) is 173 cm³/mol. The first-order valence-corrected chi connectivity index (χ1v) is 15.6. The third-order valence-electron chi connectivity index (χ3n) is 6.39. The number of benzene rings is 3. The highest BCUT2D eigenvalue weighted by Gasteiger charge is 2.11. The quantitative estimate of drug-likeness (QED) is 0.0878. The Bertz CT molecular complexity index is 1460. The van der Waals surface area contributed by atoms with Crippen LogP contribution < -0.4 is 9.47 Å². The number of carbonyl (C=O) groups excluding carboxylic acids is 1. The molecule has 0 bridgehead atoms. The molecular weight excluding hydrogens is 538 g/mol. The highest BCUT2D eigenvalue weighted by atomic mass is 32.2. The highest BCUT2D eigenvalue weighted by molar-refractivity contribution is 8.13. The van der Waals surface area contributed by atoms with E-state index in [1.54, 1.807) is 19.1 Å². The number of thioether (sulfide) groups is 1. The lowest BCUT2D eigenvalue weighted by Crippen LogP contribution is -2.03. The molecule has 0 aliphatic heterocycles. The van der Waals surface area contributed by atoms with E-state index >= 15 is 0 Å². The maximum Gasteiger partial charge on any atom is 0.190 e. The summed E-state index contributed by atoms with van der Waals surface area (Å²) in [4.78, 5) is 15.8. The first kappa shape index (κ1) is 32.4. The van der Waals surface area contributed by atoms with Crippen molar-refractivity contribution in [3.8, 4) is 35.2 Å². The summed E-state index contributed by atoms with van der Waals surface area (Å²) in [7, 11) is 0. The van der Waals surface area contributed by atoms with Crippen LogP contribution in [0, 0.1) is 30.3 Å². The lowest BCUT2D eigenvalue weighted by Gasteiger charge is -2.14. The van der Waals surface area contributed by atoms with Crippen LogP contribution in [0.5, 0.6) is 11.5 Å². The maximum absolute atomic E-state index is 11.4. The zero-order valence-corrected chi connectivity index (χ0v) is 25.7. The van der Waals surface area contributed by atoms with Crippen molar-refractivity contribution in [2.24, 2.45) is 0 Å². The first-order valence-electron chi connectivity index (χ1n) is 14.8. The minimum Gasteiger partial charge on any atom is -0.492 e. The Balaban J connectivity index is 1.96. The molecule has 5 heteroatoms. The Morgan fingerprint density at radius 2 is 1.19 bits per heavy atom. The normalized spacial score (nSPS) is 10.0. The Labute approximate surface area is 256 Å². The van der Waals surface area contributed by atoms with Gasteiger partial charge in [0.2, 0.25) is 0 Å². The largest absolute Gasteiger partial charge is 0.492 e. The van der Waals surface area contributed by atoms with Crippen molar-refractivity contribution in [2.45, 2.75) is 77.0 Å². The summed E-state index contributed by atoms with van der Waals surface area (Å²) in [6, 6.07) is 18.8. The lowest BCUT2D eigenvalue weighted by molar-refractivity contribution is -0.109. The van der Waals surface area contributed by atoms with E-state index in [2.05, 4.69) is 42.4 Å². The fourth-order valence-electron chi connectivity index (χ4n) is 4.09. The summed E-state index contributed by atoms with van der Waals surface area (Å²) in [5, 5.41) is 0.0559. The number of nitrogens with zero attached hydrogens (tertiary/aromatic N) is 1. The van der Waals surface area contributed by atoms with E-state index in [1.807, 2.05) is 48.5 Å². The zero-order valence-electron chi connectivity index (χ0n) is 24.9. The van der Waals surface area contributed by atoms with Gasteiger partial charge in [0.25, 0.3) is 0 Å². The number of unbranched alkanes of at least 4 members (excludes halogenated alkanes) is 6. The maximum atomic E-state index is 11.4. The summed E-state index contributed by atoms with van der Waals surface area (Å²) in [5.41, 5.74) is 3.77. The number of carbonyl (C=O) groups is 1. The fraction of sp³-hybridized carbons (Fsp3) is 0.351. The summed E-state index contributed by atoms with van der Waals surface area (Å²) < 4.78 is 12.5. The van der Waals surface area contributed by atoms with Gasteiger partial charge >= 0.3 is 0 Å². The van der Waals surface area contributed by atoms with Gasteiger partial charge in [0, 0.05) is 35.1 Å². The van der Waals surface area contributed by atoms with Crippen LogP contribution in [-0.4, -0.2) is 18.3 Å². The minimum absolute atomic E-state index is 0.0559. The molecule has 0 saturated carbocycles. The van der Waals surface area contributed by atoms with E-state index in [0.717, 1.165) is 52.8 Å². The van der Waals surface area contributed by atoms with Gasteiger partial charge in [-0.3, -0.25) is 4.79 Å². The molecule has 0 aliphatic rings. The standard InChI is InChI=1S/C37H39NO3S/c1-5-7-9-11-25-40-36-28-33(20-14-31-17-23-35(24-18-31)42-29(3)39)37(41-26-12-10-8-6-2)27-32(36)19-13-30-15-21-34(38-4)22-16-30/h15-18,21-24,27-28H,5-12,25-26H2,1-3H3. The molecule has 3 aromatic rings. The number of rotatable bonds is 13.